The van der Waals surface area contributed by atoms with Gasteiger partial charge < -0.3 is 9.15 Å². The Labute approximate surface area is 160 Å². The Morgan fingerprint density at radius 1 is 1.07 bits per heavy atom. The number of hydrogen-bond acceptors (Lipinski definition) is 5. The molecule has 1 aliphatic heterocycles. The highest BCUT2D eigenvalue weighted by molar-refractivity contribution is 8.04. The van der Waals surface area contributed by atoms with Crippen molar-refractivity contribution in [1.29, 1.82) is 0 Å². The van der Waals surface area contributed by atoms with E-state index in [0.29, 0.717) is 21.9 Å². The van der Waals surface area contributed by atoms with E-state index in [9.17, 15) is 9.59 Å². The molecule has 27 heavy (non-hydrogen) atoms. The first-order valence-electron chi connectivity index (χ1n) is 8.22. The summed E-state index contributed by atoms with van der Waals surface area (Å²) in [5.74, 6) is 0.412. The molecule has 0 saturated heterocycles. The molecular weight excluding hydrogens is 362 g/mol. The smallest absolute Gasteiger partial charge is 0.298 e. The van der Waals surface area contributed by atoms with Gasteiger partial charge in [-0.3, -0.25) is 14.5 Å². The number of ether oxygens (including phenoxy) is 1. The van der Waals surface area contributed by atoms with E-state index in [1.165, 1.54) is 22.9 Å². The Balaban J connectivity index is 1.74. The van der Waals surface area contributed by atoms with Crippen molar-refractivity contribution in [2.45, 2.75) is 4.90 Å². The van der Waals surface area contributed by atoms with Crippen molar-refractivity contribution >= 4 is 29.1 Å². The molecule has 0 bridgehead atoms. The molecule has 2 heterocycles. The van der Waals surface area contributed by atoms with Gasteiger partial charge in [-0.25, -0.2) is 0 Å². The number of carbonyl (C=O) groups excluding carboxylic acids is 2. The zero-order chi connectivity index (χ0) is 18.8. The quantitative estimate of drug-likeness (QED) is 0.613. The maximum atomic E-state index is 13.0. The van der Waals surface area contributed by atoms with Gasteiger partial charge in [0.25, 0.3) is 5.91 Å². The fourth-order valence-electron chi connectivity index (χ4n) is 2.76. The minimum atomic E-state index is -0.359. The third kappa shape index (κ3) is 3.27. The second-order valence-electron chi connectivity index (χ2n) is 5.77. The van der Waals surface area contributed by atoms with E-state index in [1.807, 2.05) is 18.2 Å². The van der Waals surface area contributed by atoms with Crippen molar-refractivity contribution in [2.24, 2.45) is 0 Å². The molecule has 2 aromatic carbocycles. The average Bonchev–Trinajstić information content (AvgIpc) is 3.35. The van der Waals surface area contributed by atoms with Crippen LogP contribution in [0, 0.1) is 0 Å². The van der Waals surface area contributed by atoms with Crippen LogP contribution in [0.4, 0.5) is 5.69 Å². The van der Waals surface area contributed by atoms with Crippen molar-refractivity contribution in [2.75, 3.05) is 12.0 Å². The predicted molar refractivity (Wildman–Crippen MR) is 103 cm³/mol. The molecular formula is C21H15NO4S. The van der Waals surface area contributed by atoms with Crippen LogP contribution in [0.15, 0.2) is 87.3 Å². The summed E-state index contributed by atoms with van der Waals surface area (Å²) in [6.45, 7) is 0. The maximum Gasteiger partial charge on any atom is 0.298 e. The van der Waals surface area contributed by atoms with Gasteiger partial charge in [0, 0.05) is 22.3 Å². The topological polar surface area (TPSA) is 59.8 Å². The van der Waals surface area contributed by atoms with Crippen molar-refractivity contribution in [1.82, 2.24) is 0 Å². The van der Waals surface area contributed by atoms with E-state index in [0.717, 1.165) is 4.90 Å². The highest BCUT2D eigenvalue weighted by atomic mass is 32.2. The number of carbonyl (C=O) groups is 2. The van der Waals surface area contributed by atoms with E-state index in [1.54, 1.807) is 55.8 Å². The number of Topliss-reactive ketones (excluding diaryl/α,β-unsaturated/α-hetero) is 1. The van der Waals surface area contributed by atoms with Crippen LogP contribution >= 0.6 is 11.8 Å². The molecule has 0 N–H and O–H groups in total. The van der Waals surface area contributed by atoms with E-state index in [-0.39, 0.29) is 17.5 Å². The van der Waals surface area contributed by atoms with Gasteiger partial charge in [0.1, 0.15) is 5.75 Å². The van der Waals surface area contributed by atoms with E-state index in [2.05, 4.69) is 0 Å². The summed E-state index contributed by atoms with van der Waals surface area (Å²) in [5, 5.41) is 0. The predicted octanol–water partition coefficient (Wildman–Crippen LogP) is 4.77. The summed E-state index contributed by atoms with van der Waals surface area (Å²) in [4.78, 5) is 28.4. The van der Waals surface area contributed by atoms with Crippen LogP contribution in [-0.2, 0) is 0 Å². The van der Waals surface area contributed by atoms with Crippen LogP contribution in [0.3, 0.4) is 0 Å². The van der Waals surface area contributed by atoms with Crippen LogP contribution in [0.2, 0.25) is 0 Å². The third-order valence-corrected chi connectivity index (χ3v) is 5.21. The SMILES string of the molecule is COc1ccc(N(/C=C2/Sc3ccccc3C2=O)C(=O)c2ccco2)cc1. The Morgan fingerprint density at radius 3 is 2.52 bits per heavy atom. The Bertz CT molecular complexity index is 1020. The second-order valence-corrected chi connectivity index (χ2v) is 6.85. The van der Waals surface area contributed by atoms with Crippen molar-refractivity contribution in [3.63, 3.8) is 0 Å². The number of hydrogen-bond donors (Lipinski definition) is 0. The van der Waals surface area contributed by atoms with Gasteiger partial charge in [0.05, 0.1) is 18.3 Å². The van der Waals surface area contributed by atoms with E-state index in [4.69, 9.17) is 9.15 Å². The van der Waals surface area contributed by atoms with Crippen LogP contribution in [-0.4, -0.2) is 18.8 Å². The molecule has 6 heteroatoms. The standard InChI is InChI=1S/C21H15NO4S/c1-25-15-10-8-14(9-11-15)22(21(24)17-6-4-12-26-17)13-19-20(23)16-5-2-3-7-18(16)27-19/h2-13H,1H3/b19-13+. The molecule has 1 aromatic heterocycles. The summed E-state index contributed by atoms with van der Waals surface area (Å²) in [5.41, 5.74) is 1.25. The Hall–Kier alpha value is -3.25. The molecule has 134 valence electrons. The summed E-state index contributed by atoms with van der Waals surface area (Å²) in [7, 11) is 1.58. The highest BCUT2D eigenvalue weighted by Gasteiger charge is 2.28. The number of furan rings is 1. The lowest BCUT2D eigenvalue weighted by atomic mass is 10.1. The third-order valence-electron chi connectivity index (χ3n) is 4.12. The first-order valence-corrected chi connectivity index (χ1v) is 9.03. The summed E-state index contributed by atoms with van der Waals surface area (Å²) in [6, 6.07) is 17.7. The van der Waals surface area contributed by atoms with Crippen molar-refractivity contribution in [3.05, 3.63) is 89.4 Å². The zero-order valence-corrected chi connectivity index (χ0v) is 15.2. The highest BCUT2D eigenvalue weighted by Crippen LogP contribution is 2.40. The lowest BCUT2D eigenvalue weighted by Crippen LogP contribution is -2.25. The molecule has 0 unspecified atom stereocenters. The van der Waals surface area contributed by atoms with Crippen molar-refractivity contribution < 1.29 is 18.7 Å². The summed E-state index contributed by atoms with van der Waals surface area (Å²) >= 11 is 1.35. The molecule has 0 spiro atoms. The van der Waals surface area contributed by atoms with Gasteiger partial charge in [-0.1, -0.05) is 23.9 Å². The number of amides is 1. The molecule has 0 radical (unpaired) electrons. The van der Waals surface area contributed by atoms with E-state index < -0.39 is 0 Å². The number of anilines is 1. The molecule has 0 atom stereocenters. The fraction of sp³-hybridized carbons (Fsp3) is 0.0476. The largest absolute Gasteiger partial charge is 0.497 e. The molecule has 0 aliphatic carbocycles. The van der Waals surface area contributed by atoms with Crippen LogP contribution in [0.25, 0.3) is 0 Å². The van der Waals surface area contributed by atoms with E-state index >= 15 is 0 Å². The second kappa shape index (κ2) is 7.17. The minimum absolute atomic E-state index is 0.0960. The number of allylic oxidation sites excluding steroid dienone is 1. The molecule has 0 fully saturated rings. The lowest BCUT2D eigenvalue weighted by molar-refractivity contribution is 0.0971. The number of benzene rings is 2. The Morgan fingerprint density at radius 2 is 1.85 bits per heavy atom. The number of rotatable bonds is 4. The first-order chi connectivity index (χ1) is 13.2. The molecule has 1 aliphatic rings. The number of thioether (sulfide) groups is 1. The summed E-state index contributed by atoms with van der Waals surface area (Å²) < 4.78 is 10.4. The molecule has 1 amide bonds. The molecule has 4 rings (SSSR count). The number of methoxy groups -OCH3 is 1. The van der Waals surface area contributed by atoms with Crippen LogP contribution in [0.1, 0.15) is 20.9 Å². The molecule has 3 aromatic rings. The minimum Gasteiger partial charge on any atom is -0.497 e. The van der Waals surface area contributed by atoms with Crippen LogP contribution < -0.4 is 9.64 Å². The van der Waals surface area contributed by atoms with Gasteiger partial charge in [0.15, 0.2) is 5.76 Å². The van der Waals surface area contributed by atoms with Crippen LogP contribution in [0.5, 0.6) is 5.75 Å². The van der Waals surface area contributed by atoms with Gasteiger partial charge in [-0.15, -0.1) is 0 Å². The van der Waals surface area contributed by atoms with Gasteiger partial charge in [-0.2, -0.15) is 0 Å². The molecule has 5 nitrogen and oxygen atoms in total. The number of ketones is 1. The number of fused-ring (bicyclic) bond motifs is 1. The zero-order valence-electron chi connectivity index (χ0n) is 14.4. The fourth-order valence-corrected chi connectivity index (χ4v) is 3.77. The molecule has 0 saturated carbocycles. The van der Waals surface area contributed by atoms with Crippen molar-refractivity contribution in [3.8, 4) is 5.75 Å². The number of nitrogens with zero attached hydrogens (tertiary/aromatic N) is 1. The maximum absolute atomic E-state index is 13.0. The monoisotopic (exact) mass is 377 g/mol. The summed E-state index contributed by atoms with van der Waals surface area (Å²) in [6.07, 6.45) is 3.01. The average molecular weight is 377 g/mol. The Kier molecular flexibility index (Phi) is 4.56. The van der Waals surface area contributed by atoms with Gasteiger partial charge in [-0.05, 0) is 48.5 Å². The van der Waals surface area contributed by atoms with Gasteiger partial charge in [0.2, 0.25) is 5.78 Å². The normalized spacial score (nSPS) is 14.3. The lowest BCUT2D eigenvalue weighted by Gasteiger charge is -2.18. The first kappa shape index (κ1) is 17.2. The van der Waals surface area contributed by atoms with Gasteiger partial charge >= 0.3 is 0 Å².